The first-order chi connectivity index (χ1) is 13.2. The van der Waals surface area contributed by atoms with Crippen LogP contribution in [-0.2, 0) is 24.2 Å². The average molecular weight is 425 g/mol. The monoisotopic (exact) mass is 424 g/mol. The van der Waals surface area contributed by atoms with E-state index in [2.05, 4.69) is 10.3 Å². The second-order valence-electron chi connectivity index (χ2n) is 7.71. The Morgan fingerprint density at radius 2 is 2.00 bits per heavy atom. The molecule has 0 bridgehead atoms. The van der Waals surface area contributed by atoms with Crippen molar-refractivity contribution in [3.63, 3.8) is 0 Å². The molecular formula is C21H23Cl2FN2O2. The van der Waals surface area contributed by atoms with E-state index >= 15 is 0 Å². The van der Waals surface area contributed by atoms with Crippen molar-refractivity contribution in [1.82, 2.24) is 10.3 Å². The van der Waals surface area contributed by atoms with Crippen LogP contribution in [0, 0.1) is 5.82 Å². The van der Waals surface area contributed by atoms with Crippen molar-refractivity contribution < 1.29 is 13.9 Å². The number of nitrogens with zero attached hydrogens (tertiary/aromatic N) is 1. The molecule has 0 unspecified atom stereocenters. The first-order valence-corrected chi connectivity index (χ1v) is 10.0. The van der Waals surface area contributed by atoms with Gasteiger partial charge in [0.1, 0.15) is 11.0 Å². The van der Waals surface area contributed by atoms with E-state index in [1.165, 1.54) is 18.2 Å². The second kappa shape index (κ2) is 8.76. The molecule has 0 aliphatic heterocycles. The fraction of sp³-hybridized carbons (Fsp3) is 0.429. The number of carbonyl (C=O) groups excluding carboxylic acids is 1. The lowest BCUT2D eigenvalue weighted by atomic mass is 9.95. The van der Waals surface area contributed by atoms with Gasteiger partial charge in [-0.2, -0.15) is 0 Å². The van der Waals surface area contributed by atoms with Crippen LogP contribution in [-0.4, -0.2) is 23.0 Å². The molecule has 28 heavy (non-hydrogen) atoms. The van der Waals surface area contributed by atoms with Gasteiger partial charge in [-0.3, -0.25) is 4.79 Å². The zero-order chi connectivity index (χ0) is 20.3. The molecule has 0 spiro atoms. The number of halogens is 3. The summed E-state index contributed by atoms with van der Waals surface area (Å²) in [5.74, 6) is -0.659. The number of carbonyl (C=O) groups is 1. The van der Waals surface area contributed by atoms with E-state index in [1.54, 1.807) is 0 Å². The summed E-state index contributed by atoms with van der Waals surface area (Å²) >= 11 is 12.3. The molecule has 150 valence electrons. The highest BCUT2D eigenvalue weighted by atomic mass is 35.5. The van der Waals surface area contributed by atoms with Crippen LogP contribution in [0.1, 0.15) is 53.9 Å². The number of pyridine rings is 1. The molecule has 7 heteroatoms. The molecule has 0 saturated carbocycles. The van der Waals surface area contributed by atoms with Crippen molar-refractivity contribution in [2.75, 3.05) is 6.61 Å². The topological polar surface area (TPSA) is 51.2 Å². The zero-order valence-corrected chi connectivity index (χ0v) is 17.5. The summed E-state index contributed by atoms with van der Waals surface area (Å²) in [4.78, 5) is 17.1. The van der Waals surface area contributed by atoms with Gasteiger partial charge in [-0.05, 0) is 74.9 Å². The summed E-state index contributed by atoms with van der Waals surface area (Å²) in [6.07, 6.45) is 4.01. The van der Waals surface area contributed by atoms with Crippen LogP contribution in [0.15, 0.2) is 24.3 Å². The first-order valence-electron chi connectivity index (χ1n) is 9.28. The van der Waals surface area contributed by atoms with Gasteiger partial charge in [0.25, 0.3) is 5.91 Å². The third kappa shape index (κ3) is 5.22. The molecule has 1 aliphatic carbocycles. The molecule has 0 atom stereocenters. The molecule has 0 radical (unpaired) electrons. The molecule has 1 heterocycles. The largest absolute Gasteiger partial charge is 0.374 e. The quantitative estimate of drug-likeness (QED) is 0.653. The summed E-state index contributed by atoms with van der Waals surface area (Å²) in [5, 5.41) is 3.60. The highest BCUT2D eigenvalue weighted by Gasteiger charge is 2.25. The molecule has 1 aliphatic rings. The molecule has 1 amide bonds. The Labute approximate surface area is 174 Å². The number of fused-ring (bicyclic) bond motifs is 1. The number of ether oxygens (including phenoxy) is 1. The maximum atomic E-state index is 13.3. The van der Waals surface area contributed by atoms with Crippen molar-refractivity contribution in [2.24, 2.45) is 0 Å². The smallest absolute Gasteiger partial charge is 0.254 e. The van der Waals surface area contributed by atoms with Crippen molar-refractivity contribution >= 4 is 29.1 Å². The molecule has 1 N–H and O–H groups in total. The predicted molar refractivity (Wildman–Crippen MR) is 109 cm³/mol. The molecule has 0 fully saturated rings. The van der Waals surface area contributed by atoms with Crippen LogP contribution in [0.3, 0.4) is 0 Å². The molecule has 2 aromatic rings. The maximum Gasteiger partial charge on any atom is 0.254 e. The van der Waals surface area contributed by atoms with Crippen LogP contribution < -0.4 is 5.32 Å². The van der Waals surface area contributed by atoms with E-state index in [1.807, 2.05) is 19.9 Å². The van der Waals surface area contributed by atoms with Gasteiger partial charge in [0.15, 0.2) is 0 Å². The highest BCUT2D eigenvalue weighted by Crippen LogP contribution is 2.25. The summed E-state index contributed by atoms with van der Waals surface area (Å²) in [7, 11) is 0. The van der Waals surface area contributed by atoms with E-state index < -0.39 is 5.54 Å². The van der Waals surface area contributed by atoms with Crippen LogP contribution in [0.4, 0.5) is 4.39 Å². The number of aryl methyl sites for hydroxylation is 2. The Balaban J connectivity index is 1.62. The van der Waals surface area contributed by atoms with Gasteiger partial charge < -0.3 is 10.1 Å². The Hall–Kier alpha value is -1.69. The van der Waals surface area contributed by atoms with E-state index in [0.29, 0.717) is 16.1 Å². The summed E-state index contributed by atoms with van der Waals surface area (Å²) < 4.78 is 19.0. The molecule has 0 saturated heterocycles. The van der Waals surface area contributed by atoms with E-state index in [0.717, 1.165) is 36.9 Å². The number of nitrogens with one attached hydrogen (secondary N) is 1. The lowest BCUT2D eigenvalue weighted by Crippen LogP contribution is -2.47. The molecule has 1 aromatic heterocycles. The van der Waals surface area contributed by atoms with Crippen molar-refractivity contribution in [3.8, 4) is 0 Å². The zero-order valence-electron chi connectivity index (χ0n) is 15.9. The van der Waals surface area contributed by atoms with E-state index in [-0.39, 0.29) is 30.1 Å². The van der Waals surface area contributed by atoms with Gasteiger partial charge in [0.05, 0.1) is 24.3 Å². The SMILES string of the molecule is CC(C)(COCc1cc(F)ccc1Cl)NC(=O)c1cc2c(nc1Cl)CCCC2. The predicted octanol–water partition coefficient (Wildman–Crippen LogP) is 5.13. The molecule has 4 nitrogen and oxygen atoms in total. The average Bonchev–Trinajstić information content (AvgIpc) is 2.63. The number of rotatable bonds is 6. The Bertz CT molecular complexity index is 887. The van der Waals surface area contributed by atoms with E-state index in [9.17, 15) is 9.18 Å². The molecule has 1 aromatic carbocycles. The van der Waals surface area contributed by atoms with E-state index in [4.69, 9.17) is 27.9 Å². The van der Waals surface area contributed by atoms with Crippen LogP contribution in [0.25, 0.3) is 0 Å². The van der Waals surface area contributed by atoms with Gasteiger partial charge in [0.2, 0.25) is 0 Å². The van der Waals surface area contributed by atoms with Crippen molar-refractivity contribution in [3.05, 3.63) is 62.6 Å². The van der Waals surface area contributed by atoms with Gasteiger partial charge in [0, 0.05) is 10.7 Å². The second-order valence-corrected chi connectivity index (χ2v) is 8.47. The number of hydrogen-bond donors (Lipinski definition) is 1. The third-order valence-electron chi connectivity index (χ3n) is 4.68. The lowest BCUT2D eigenvalue weighted by Gasteiger charge is -2.27. The minimum atomic E-state index is -0.657. The van der Waals surface area contributed by atoms with Gasteiger partial charge in [-0.1, -0.05) is 23.2 Å². The van der Waals surface area contributed by atoms with Crippen LogP contribution >= 0.6 is 23.2 Å². The standard InChI is InChI=1S/C21H23Cl2FN2O2/c1-21(2,12-28-11-14-9-15(24)7-8-17(14)22)26-20(27)16-10-13-5-3-4-6-18(13)25-19(16)23/h7-10H,3-6,11-12H2,1-2H3,(H,26,27). The fourth-order valence-corrected chi connectivity index (χ4v) is 3.66. The highest BCUT2D eigenvalue weighted by molar-refractivity contribution is 6.32. The lowest BCUT2D eigenvalue weighted by molar-refractivity contribution is 0.0616. The maximum absolute atomic E-state index is 13.3. The minimum absolute atomic E-state index is 0.150. The normalized spacial score (nSPS) is 13.9. The summed E-state index contributed by atoms with van der Waals surface area (Å²) in [6.45, 7) is 4.06. The Morgan fingerprint density at radius 3 is 2.79 bits per heavy atom. The number of hydrogen-bond acceptors (Lipinski definition) is 3. The Morgan fingerprint density at radius 1 is 1.25 bits per heavy atom. The minimum Gasteiger partial charge on any atom is -0.374 e. The van der Waals surface area contributed by atoms with Gasteiger partial charge >= 0.3 is 0 Å². The summed E-state index contributed by atoms with van der Waals surface area (Å²) in [6, 6.07) is 5.98. The molecule has 3 rings (SSSR count). The third-order valence-corrected chi connectivity index (χ3v) is 5.34. The number of benzene rings is 1. The molecular weight excluding hydrogens is 402 g/mol. The van der Waals surface area contributed by atoms with Crippen molar-refractivity contribution in [2.45, 2.75) is 51.7 Å². The summed E-state index contributed by atoms with van der Waals surface area (Å²) in [5.41, 5.74) is 2.36. The number of aromatic nitrogens is 1. The number of amides is 1. The fourth-order valence-electron chi connectivity index (χ4n) is 3.25. The van der Waals surface area contributed by atoms with Crippen LogP contribution in [0.2, 0.25) is 10.2 Å². The van der Waals surface area contributed by atoms with Crippen LogP contribution in [0.5, 0.6) is 0 Å². The first kappa shape index (κ1) is 21.0. The Kier molecular flexibility index (Phi) is 6.58. The van der Waals surface area contributed by atoms with Gasteiger partial charge in [-0.15, -0.1) is 0 Å². The van der Waals surface area contributed by atoms with Gasteiger partial charge in [-0.25, -0.2) is 9.37 Å². The van der Waals surface area contributed by atoms with Crippen molar-refractivity contribution in [1.29, 1.82) is 0 Å².